The molecule has 0 radical (unpaired) electrons. The average Bonchev–Trinajstić information content (AvgIpc) is 3.08. The molecule has 0 atom stereocenters. The zero-order valence-corrected chi connectivity index (χ0v) is 15.3. The van der Waals surface area contributed by atoms with Crippen molar-refractivity contribution in [3.05, 3.63) is 83.2 Å². The number of aromatic nitrogens is 2. The maximum Gasteiger partial charge on any atom is 0.338 e. The Bertz CT molecular complexity index is 948. The molecule has 0 aliphatic carbocycles. The summed E-state index contributed by atoms with van der Waals surface area (Å²) in [7, 11) is 0. The topological polar surface area (TPSA) is 73.2 Å². The second-order valence-electron chi connectivity index (χ2n) is 6.08. The van der Waals surface area contributed by atoms with E-state index in [0.29, 0.717) is 23.5 Å². The third-order valence-electron chi connectivity index (χ3n) is 4.00. The molecule has 3 rings (SSSR count). The first kappa shape index (κ1) is 18.4. The quantitative estimate of drug-likeness (QED) is 0.676. The van der Waals surface area contributed by atoms with Gasteiger partial charge in [0.25, 0.3) is 5.91 Å². The van der Waals surface area contributed by atoms with Crippen molar-refractivity contribution < 1.29 is 14.3 Å². The van der Waals surface area contributed by atoms with Crippen LogP contribution in [0.25, 0.3) is 0 Å². The third kappa shape index (κ3) is 4.61. The summed E-state index contributed by atoms with van der Waals surface area (Å²) in [6, 6.07) is 17.9. The molecule has 0 bridgehead atoms. The SMILES string of the molecule is CCn1nc(C)cc1C(=O)Nc1cccc(C(=O)OCc2ccccc2)c1. The Labute approximate surface area is 157 Å². The fourth-order valence-electron chi connectivity index (χ4n) is 2.69. The number of aryl methyl sites for hydroxylation is 2. The van der Waals surface area contributed by atoms with E-state index in [1.54, 1.807) is 35.0 Å². The minimum atomic E-state index is -0.440. The minimum absolute atomic E-state index is 0.200. The van der Waals surface area contributed by atoms with Crippen molar-refractivity contribution >= 4 is 17.6 Å². The Morgan fingerprint density at radius 2 is 1.85 bits per heavy atom. The number of amides is 1. The maximum atomic E-state index is 12.5. The minimum Gasteiger partial charge on any atom is -0.457 e. The molecular weight excluding hydrogens is 342 g/mol. The fraction of sp³-hybridized carbons (Fsp3) is 0.190. The number of nitrogens with one attached hydrogen (secondary N) is 1. The number of hydrogen-bond acceptors (Lipinski definition) is 4. The summed E-state index contributed by atoms with van der Waals surface area (Å²) < 4.78 is 6.97. The summed E-state index contributed by atoms with van der Waals surface area (Å²) in [6.45, 7) is 4.56. The molecule has 1 amide bonds. The molecule has 3 aromatic rings. The first-order valence-electron chi connectivity index (χ1n) is 8.73. The van der Waals surface area contributed by atoms with E-state index >= 15 is 0 Å². The molecule has 0 saturated carbocycles. The van der Waals surface area contributed by atoms with Gasteiger partial charge in [0.05, 0.1) is 11.3 Å². The highest BCUT2D eigenvalue weighted by Crippen LogP contribution is 2.15. The zero-order chi connectivity index (χ0) is 19.2. The van der Waals surface area contributed by atoms with Crippen LogP contribution in [-0.4, -0.2) is 21.7 Å². The number of nitrogens with zero attached hydrogens (tertiary/aromatic N) is 2. The van der Waals surface area contributed by atoms with Crippen molar-refractivity contribution in [2.75, 3.05) is 5.32 Å². The number of ether oxygens (including phenoxy) is 1. The highest BCUT2D eigenvalue weighted by atomic mass is 16.5. The standard InChI is InChI=1S/C21H21N3O3/c1-3-24-19(12-15(2)23-24)20(25)22-18-11-7-10-17(13-18)21(26)27-14-16-8-5-4-6-9-16/h4-13H,3,14H2,1-2H3,(H,22,25). The van der Waals surface area contributed by atoms with Gasteiger partial charge in [-0.15, -0.1) is 0 Å². The summed E-state index contributed by atoms with van der Waals surface area (Å²) >= 11 is 0. The molecule has 1 N–H and O–H groups in total. The number of carbonyl (C=O) groups excluding carboxylic acids is 2. The fourth-order valence-corrected chi connectivity index (χ4v) is 2.69. The van der Waals surface area contributed by atoms with Crippen LogP contribution in [0.1, 0.15) is 39.0 Å². The second-order valence-corrected chi connectivity index (χ2v) is 6.08. The number of carbonyl (C=O) groups is 2. The molecule has 1 aromatic heterocycles. The van der Waals surface area contributed by atoms with Gasteiger partial charge in [0.2, 0.25) is 0 Å². The van der Waals surface area contributed by atoms with Crippen molar-refractivity contribution in [3.8, 4) is 0 Å². The van der Waals surface area contributed by atoms with E-state index in [1.165, 1.54) is 0 Å². The third-order valence-corrected chi connectivity index (χ3v) is 4.00. The Hall–Kier alpha value is -3.41. The lowest BCUT2D eigenvalue weighted by Crippen LogP contribution is -2.17. The number of benzene rings is 2. The lowest BCUT2D eigenvalue weighted by molar-refractivity contribution is 0.0472. The van der Waals surface area contributed by atoms with E-state index in [2.05, 4.69) is 10.4 Å². The van der Waals surface area contributed by atoms with Crippen LogP contribution < -0.4 is 5.32 Å². The van der Waals surface area contributed by atoms with Gasteiger partial charge >= 0.3 is 5.97 Å². The predicted molar refractivity (Wildman–Crippen MR) is 103 cm³/mol. The molecule has 2 aromatic carbocycles. The van der Waals surface area contributed by atoms with Crippen molar-refractivity contribution in [1.82, 2.24) is 9.78 Å². The molecule has 0 spiro atoms. The monoisotopic (exact) mass is 363 g/mol. The molecule has 0 fully saturated rings. The van der Waals surface area contributed by atoms with Gasteiger partial charge in [-0.2, -0.15) is 5.10 Å². The first-order chi connectivity index (χ1) is 13.1. The normalized spacial score (nSPS) is 10.4. The van der Waals surface area contributed by atoms with Crippen LogP contribution in [0, 0.1) is 6.92 Å². The molecule has 0 aliphatic rings. The van der Waals surface area contributed by atoms with Crippen LogP contribution in [0.15, 0.2) is 60.7 Å². The van der Waals surface area contributed by atoms with Crippen LogP contribution in [0.4, 0.5) is 5.69 Å². The van der Waals surface area contributed by atoms with Gasteiger partial charge in [-0.05, 0) is 43.7 Å². The smallest absolute Gasteiger partial charge is 0.338 e. The molecule has 138 valence electrons. The van der Waals surface area contributed by atoms with Crippen LogP contribution in [0.3, 0.4) is 0 Å². The van der Waals surface area contributed by atoms with Gasteiger partial charge in [0.15, 0.2) is 0 Å². The molecule has 6 heteroatoms. The van der Waals surface area contributed by atoms with Crippen molar-refractivity contribution in [1.29, 1.82) is 0 Å². The van der Waals surface area contributed by atoms with Crippen LogP contribution in [0.2, 0.25) is 0 Å². The van der Waals surface area contributed by atoms with Crippen molar-refractivity contribution in [3.63, 3.8) is 0 Å². The zero-order valence-electron chi connectivity index (χ0n) is 15.3. The van der Waals surface area contributed by atoms with E-state index in [1.807, 2.05) is 44.2 Å². The first-order valence-corrected chi connectivity index (χ1v) is 8.73. The van der Waals surface area contributed by atoms with Gasteiger partial charge in [0.1, 0.15) is 12.3 Å². The Morgan fingerprint density at radius 3 is 2.59 bits per heavy atom. The maximum absolute atomic E-state index is 12.5. The average molecular weight is 363 g/mol. The van der Waals surface area contributed by atoms with Crippen LogP contribution in [0.5, 0.6) is 0 Å². The van der Waals surface area contributed by atoms with Gasteiger partial charge < -0.3 is 10.1 Å². The molecule has 1 heterocycles. The Kier molecular flexibility index (Phi) is 5.66. The van der Waals surface area contributed by atoms with E-state index in [-0.39, 0.29) is 12.5 Å². The number of rotatable bonds is 6. The molecular formula is C21H21N3O3. The molecule has 6 nitrogen and oxygen atoms in total. The highest BCUT2D eigenvalue weighted by Gasteiger charge is 2.14. The number of esters is 1. The molecule has 27 heavy (non-hydrogen) atoms. The summed E-state index contributed by atoms with van der Waals surface area (Å²) in [6.07, 6.45) is 0. The van der Waals surface area contributed by atoms with E-state index in [0.717, 1.165) is 11.3 Å². The Balaban J connectivity index is 1.67. The van der Waals surface area contributed by atoms with Gasteiger partial charge in [-0.3, -0.25) is 9.48 Å². The van der Waals surface area contributed by atoms with Gasteiger partial charge in [0, 0.05) is 12.2 Å². The summed E-state index contributed by atoms with van der Waals surface area (Å²) in [5, 5.41) is 7.08. The van der Waals surface area contributed by atoms with E-state index in [9.17, 15) is 9.59 Å². The molecule has 0 saturated heterocycles. The summed E-state index contributed by atoms with van der Waals surface area (Å²) in [4.78, 5) is 24.8. The summed E-state index contributed by atoms with van der Waals surface area (Å²) in [5.74, 6) is -0.711. The van der Waals surface area contributed by atoms with E-state index in [4.69, 9.17) is 4.74 Å². The predicted octanol–water partition coefficient (Wildman–Crippen LogP) is 3.82. The highest BCUT2D eigenvalue weighted by molar-refractivity contribution is 6.03. The number of anilines is 1. The molecule has 0 unspecified atom stereocenters. The van der Waals surface area contributed by atoms with Crippen LogP contribution in [-0.2, 0) is 17.9 Å². The van der Waals surface area contributed by atoms with Crippen molar-refractivity contribution in [2.24, 2.45) is 0 Å². The number of hydrogen-bond donors (Lipinski definition) is 1. The van der Waals surface area contributed by atoms with E-state index < -0.39 is 5.97 Å². The second kappa shape index (κ2) is 8.31. The van der Waals surface area contributed by atoms with Crippen LogP contribution >= 0.6 is 0 Å². The summed E-state index contributed by atoms with van der Waals surface area (Å²) in [5.41, 5.74) is 3.07. The Morgan fingerprint density at radius 1 is 1.07 bits per heavy atom. The van der Waals surface area contributed by atoms with Gasteiger partial charge in [-0.25, -0.2) is 4.79 Å². The van der Waals surface area contributed by atoms with Gasteiger partial charge in [-0.1, -0.05) is 36.4 Å². The lowest BCUT2D eigenvalue weighted by Gasteiger charge is -2.09. The largest absolute Gasteiger partial charge is 0.457 e. The lowest BCUT2D eigenvalue weighted by atomic mass is 10.2. The van der Waals surface area contributed by atoms with Crippen molar-refractivity contribution in [2.45, 2.75) is 27.0 Å². The molecule has 0 aliphatic heterocycles.